The van der Waals surface area contributed by atoms with E-state index in [1.54, 1.807) is 30.3 Å². The van der Waals surface area contributed by atoms with Crippen molar-refractivity contribution in [1.29, 1.82) is 0 Å². The molecule has 0 aliphatic carbocycles. The van der Waals surface area contributed by atoms with E-state index in [4.69, 9.17) is 9.47 Å². The zero-order valence-corrected chi connectivity index (χ0v) is 14.7. The fourth-order valence-electron chi connectivity index (χ4n) is 3.54. The monoisotopic (exact) mass is 377 g/mol. The van der Waals surface area contributed by atoms with Gasteiger partial charge in [0.05, 0.1) is 23.6 Å². The molecule has 2 heterocycles. The smallest absolute Gasteiger partial charge is 0.243 e. The Kier molecular flexibility index (Phi) is 4.36. The Balaban J connectivity index is 1.74. The summed E-state index contributed by atoms with van der Waals surface area (Å²) >= 11 is 0. The molecule has 0 aromatic heterocycles. The van der Waals surface area contributed by atoms with Gasteiger partial charge in [0.15, 0.2) is 11.5 Å². The number of ether oxygens (including phenoxy) is 2. The number of aliphatic hydroxyl groups is 2. The van der Waals surface area contributed by atoms with E-state index < -0.39 is 22.2 Å². The Hall–Kier alpha value is -2.13. The van der Waals surface area contributed by atoms with E-state index in [0.717, 1.165) is 5.56 Å². The Morgan fingerprint density at radius 2 is 1.88 bits per heavy atom. The molecule has 2 aliphatic heterocycles. The van der Waals surface area contributed by atoms with Crippen LogP contribution < -0.4 is 9.47 Å². The van der Waals surface area contributed by atoms with E-state index in [9.17, 15) is 18.6 Å². The van der Waals surface area contributed by atoms with Crippen molar-refractivity contribution in [2.24, 2.45) is 0 Å². The lowest BCUT2D eigenvalue weighted by Crippen LogP contribution is -2.50. The van der Waals surface area contributed by atoms with Crippen LogP contribution in [-0.2, 0) is 16.4 Å². The number of benzene rings is 2. The van der Waals surface area contributed by atoms with Crippen LogP contribution in [0.15, 0.2) is 47.4 Å². The van der Waals surface area contributed by atoms with Crippen LogP contribution in [0, 0.1) is 0 Å². The minimum atomic E-state index is -3.80. The van der Waals surface area contributed by atoms with Gasteiger partial charge in [-0.1, -0.05) is 24.3 Å². The van der Waals surface area contributed by atoms with Gasteiger partial charge in [-0.3, -0.25) is 0 Å². The first-order valence-corrected chi connectivity index (χ1v) is 9.74. The molecule has 0 amide bonds. The molecule has 2 N–H and O–H groups in total. The summed E-state index contributed by atoms with van der Waals surface area (Å²) in [7, 11) is -3.80. The average Bonchev–Trinajstić information content (AvgIpc) is 3.11. The summed E-state index contributed by atoms with van der Waals surface area (Å²) < 4.78 is 37.8. The van der Waals surface area contributed by atoms with E-state index >= 15 is 0 Å². The minimum absolute atomic E-state index is 0.0804. The molecule has 2 aromatic carbocycles. The van der Waals surface area contributed by atoms with Crippen molar-refractivity contribution < 1.29 is 28.1 Å². The second-order valence-electron chi connectivity index (χ2n) is 6.28. The number of aliphatic hydroxyl groups excluding tert-OH is 2. The van der Waals surface area contributed by atoms with Gasteiger partial charge < -0.3 is 19.7 Å². The summed E-state index contributed by atoms with van der Waals surface area (Å²) in [6, 6.07) is 11.1. The van der Waals surface area contributed by atoms with Gasteiger partial charge in [0.25, 0.3) is 0 Å². The Morgan fingerprint density at radius 3 is 2.69 bits per heavy atom. The van der Waals surface area contributed by atoms with Crippen molar-refractivity contribution in [3.05, 3.63) is 53.6 Å². The van der Waals surface area contributed by atoms with Gasteiger partial charge in [0.1, 0.15) is 0 Å². The highest BCUT2D eigenvalue weighted by atomic mass is 32.2. The van der Waals surface area contributed by atoms with Gasteiger partial charge in [0, 0.05) is 12.1 Å². The highest BCUT2D eigenvalue weighted by Gasteiger charge is 2.43. The van der Waals surface area contributed by atoms with Gasteiger partial charge in [-0.25, -0.2) is 8.42 Å². The molecule has 0 spiro atoms. The first-order chi connectivity index (χ1) is 12.5. The highest BCUT2D eigenvalue weighted by Crippen LogP contribution is 2.39. The Bertz CT molecular complexity index is 929. The second kappa shape index (κ2) is 6.55. The molecule has 8 heteroatoms. The largest absolute Gasteiger partial charge is 0.454 e. The molecular formula is C18H19NO6S. The molecule has 2 aromatic rings. The van der Waals surface area contributed by atoms with Crippen LogP contribution in [0.1, 0.15) is 17.2 Å². The van der Waals surface area contributed by atoms with E-state index in [1.165, 1.54) is 10.4 Å². The molecule has 0 fully saturated rings. The molecule has 7 nitrogen and oxygen atoms in total. The van der Waals surface area contributed by atoms with Crippen LogP contribution in [0.3, 0.4) is 0 Å². The van der Waals surface area contributed by atoms with Crippen LogP contribution in [0.2, 0.25) is 0 Å². The molecule has 0 saturated carbocycles. The van der Waals surface area contributed by atoms with E-state index in [2.05, 4.69) is 0 Å². The maximum Gasteiger partial charge on any atom is 0.243 e. The highest BCUT2D eigenvalue weighted by molar-refractivity contribution is 7.89. The van der Waals surface area contributed by atoms with Crippen molar-refractivity contribution in [2.45, 2.75) is 23.5 Å². The lowest BCUT2D eigenvalue weighted by atomic mass is 9.95. The first kappa shape index (κ1) is 17.3. The third-order valence-corrected chi connectivity index (χ3v) is 6.76. The maximum absolute atomic E-state index is 13.0. The predicted octanol–water partition coefficient (Wildman–Crippen LogP) is 1.06. The number of nitrogens with zero attached hydrogens (tertiary/aromatic N) is 1. The first-order valence-electron chi connectivity index (χ1n) is 8.30. The standard InChI is InChI=1S/C18H19NO6S/c20-8-7-19-14(9-12-5-6-15-16(10-12)25-11-24-15)18(21)13-3-1-2-4-17(13)26(19,22)23/h1-6,10,14,18,20-21H,7-9,11H2/t14-,18-/m0/s1. The zero-order valence-electron chi connectivity index (χ0n) is 13.9. The SMILES string of the molecule is O=S1(=O)c2ccccc2[C@H](O)[C@H](Cc2ccc3c(c2)OCO3)N1CCO. The third-order valence-electron chi connectivity index (χ3n) is 4.76. The fourth-order valence-corrected chi connectivity index (χ4v) is 5.39. The topological polar surface area (TPSA) is 96.3 Å². The summed E-state index contributed by atoms with van der Waals surface area (Å²) in [6.45, 7) is -0.252. The van der Waals surface area contributed by atoms with Crippen molar-refractivity contribution >= 4 is 10.0 Å². The van der Waals surface area contributed by atoms with E-state index in [-0.39, 0.29) is 31.3 Å². The van der Waals surface area contributed by atoms with Gasteiger partial charge in [0.2, 0.25) is 16.8 Å². The van der Waals surface area contributed by atoms with Crippen molar-refractivity contribution in [2.75, 3.05) is 19.9 Å². The quantitative estimate of drug-likeness (QED) is 0.827. The molecule has 26 heavy (non-hydrogen) atoms. The molecule has 0 radical (unpaired) electrons. The molecule has 4 rings (SSSR count). The fraction of sp³-hybridized carbons (Fsp3) is 0.333. The second-order valence-corrected chi connectivity index (χ2v) is 8.14. The molecular weight excluding hydrogens is 358 g/mol. The predicted molar refractivity (Wildman–Crippen MR) is 92.4 cm³/mol. The molecule has 0 bridgehead atoms. The normalized spacial score (nSPS) is 23.6. The molecule has 0 saturated heterocycles. The summed E-state index contributed by atoms with van der Waals surface area (Å²) in [6.07, 6.45) is -0.711. The van der Waals surface area contributed by atoms with Crippen molar-refractivity contribution in [3.63, 3.8) is 0 Å². The number of rotatable bonds is 4. The van der Waals surface area contributed by atoms with E-state index in [1.807, 2.05) is 6.07 Å². The third kappa shape index (κ3) is 2.75. The van der Waals surface area contributed by atoms with Crippen molar-refractivity contribution in [1.82, 2.24) is 4.31 Å². The van der Waals surface area contributed by atoms with Crippen LogP contribution in [0.5, 0.6) is 11.5 Å². The van der Waals surface area contributed by atoms with Crippen molar-refractivity contribution in [3.8, 4) is 11.5 Å². The summed E-state index contributed by atoms with van der Waals surface area (Å²) in [5.41, 5.74) is 1.20. The number of hydrogen-bond acceptors (Lipinski definition) is 6. The Labute approximate surface area is 151 Å². The number of fused-ring (bicyclic) bond motifs is 2. The molecule has 0 unspecified atom stereocenters. The number of sulfonamides is 1. The van der Waals surface area contributed by atoms with Crippen LogP contribution in [0.25, 0.3) is 0 Å². The molecule has 2 aliphatic rings. The van der Waals surface area contributed by atoms with Crippen LogP contribution in [-0.4, -0.2) is 48.9 Å². The lowest BCUT2D eigenvalue weighted by molar-refractivity contribution is 0.0724. The van der Waals surface area contributed by atoms with Gasteiger partial charge in [-0.2, -0.15) is 4.31 Å². The van der Waals surface area contributed by atoms with Gasteiger partial charge >= 0.3 is 0 Å². The van der Waals surface area contributed by atoms with Crippen LogP contribution in [0.4, 0.5) is 0 Å². The molecule has 138 valence electrons. The summed E-state index contributed by atoms with van der Waals surface area (Å²) in [4.78, 5) is 0.0860. The number of β-amino-alcohol motifs (C(OH)–C–C–N with tert-alkyl or cyclic N) is 1. The number of hydrogen-bond donors (Lipinski definition) is 2. The average molecular weight is 377 g/mol. The lowest BCUT2D eigenvalue weighted by Gasteiger charge is -2.39. The van der Waals surface area contributed by atoms with Crippen LogP contribution >= 0.6 is 0 Å². The minimum Gasteiger partial charge on any atom is -0.454 e. The zero-order chi connectivity index (χ0) is 18.3. The van der Waals surface area contributed by atoms with E-state index in [0.29, 0.717) is 17.1 Å². The maximum atomic E-state index is 13.0. The molecule has 2 atom stereocenters. The Morgan fingerprint density at radius 1 is 1.12 bits per heavy atom. The summed E-state index contributed by atoms with van der Waals surface area (Å²) in [5, 5.41) is 20.2. The van der Waals surface area contributed by atoms with Gasteiger partial charge in [-0.15, -0.1) is 0 Å². The summed E-state index contributed by atoms with van der Waals surface area (Å²) in [5.74, 6) is 1.24. The van der Waals surface area contributed by atoms with Gasteiger partial charge in [-0.05, 0) is 30.2 Å².